The predicted octanol–water partition coefficient (Wildman–Crippen LogP) is 3.85. The lowest BCUT2D eigenvalue weighted by Gasteiger charge is -2.00. The van der Waals surface area contributed by atoms with E-state index in [-0.39, 0.29) is 0 Å². The molecule has 0 spiro atoms. The summed E-state index contributed by atoms with van der Waals surface area (Å²) in [6.07, 6.45) is 15.7. The molecule has 0 amide bonds. The summed E-state index contributed by atoms with van der Waals surface area (Å²) < 4.78 is 8.88. The van der Waals surface area contributed by atoms with Crippen LogP contribution in [0.2, 0.25) is 0 Å². The molecule has 0 aromatic carbocycles. The molecule has 0 fully saturated rings. The monoisotopic (exact) mass is 300 g/mol. The SMILES string of the molecule is CCCCCCCCCCCCP.O=P(O)(O)O. The Morgan fingerprint density at radius 1 is 0.778 bits per heavy atom. The molecule has 0 radical (unpaired) electrons. The van der Waals surface area contributed by atoms with Crippen LogP contribution in [-0.2, 0) is 4.57 Å². The van der Waals surface area contributed by atoms with Crippen molar-refractivity contribution in [3.8, 4) is 0 Å². The maximum Gasteiger partial charge on any atom is 0.466 e. The van der Waals surface area contributed by atoms with Gasteiger partial charge in [-0.3, -0.25) is 0 Å². The number of rotatable bonds is 10. The van der Waals surface area contributed by atoms with Crippen molar-refractivity contribution >= 4 is 17.1 Å². The highest BCUT2D eigenvalue weighted by Gasteiger charge is 2.00. The third-order valence-corrected chi connectivity index (χ3v) is 2.97. The van der Waals surface area contributed by atoms with Crippen molar-refractivity contribution in [2.24, 2.45) is 0 Å². The summed E-state index contributed by atoms with van der Waals surface area (Å²) in [5.74, 6) is 0. The van der Waals surface area contributed by atoms with E-state index in [4.69, 9.17) is 19.2 Å². The summed E-state index contributed by atoms with van der Waals surface area (Å²) in [5.41, 5.74) is 0. The molecule has 112 valence electrons. The van der Waals surface area contributed by atoms with Crippen LogP contribution in [-0.4, -0.2) is 20.8 Å². The molecule has 4 nitrogen and oxygen atoms in total. The smallest absolute Gasteiger partial charge is 0.303 e. The minimum absolute atomic E-state index is 1.29. The first-order chi connectivity index (χ1) is 8.41. The molecule has 1 atom stereocenters. The third-order valence-electron chi connectivity index (χ3n) is 2.56. The quantitative estimate of drug-likeness (QED) is 0.423. The third kappa shape index (κ3) is 36.0. The fourth-order valence-corrected chi connectivity index (χ4v) is 1.92. The van der Waals surface area contributed by atoms with Crippen molar-refractivity contribution in [3.05, 3.63) is 0 Å². The number of hydrogen-bond donors (Lipinski definition) is 3. The highest BCUT2D eigenvalue weighted by Crippen LogP contribution is 2.25. The van der Waals surface area contributed by atoms with Gasteiger partial charge in [0.1, 0.15) is 0 Å². The average Bonchev–Trinajstić information content (AvgIpc) is 2.25. The van der Waals surface area contributed by atoms with E-state index in [1.54, 1.807) is 0 Å². The first-order valence-electron chi connectivity index (χ1n) is 6.90. The van der Waals surface area contributed by atoms with Gasteiger partial charge in [-0.25, -0.2) is 4.57 Å². The van der Waals surface area contributed by atoms with E-state index >= 15 is 0 Å². The van der Waals surface area contributed by atoms with Gasteiger partial charge in [0.05, 0.1) is 0 Å². The standard InChI is InChI=1S/C12H27P.H3O4P/c1-2-3-4-5-6-7-8-9-10-11-12-13;1-5(2,3)4/h2-13H2,1H3;(H3,1,2,3,4). The fourth-order valence-electron chi connectivity index (χ4n) is 1.63. The topological polar surface area (TPSA) is 77.8 Å². The molecule has 0 aromatic heterocycles. The number of phosphoric acid groups is 1. The summed E-state index contributed by atoms with van der Waals surface area (Å²) in [7, 11) is -1.83. The van der Waals surface area contributed by atoms with Gasteiger partial charge in [-0.15, -0.1) is 9.24 Å². The van der Waals surface area contributed by atoms with Crippen LogP contribution >= 0.6 is 17.1 Å². The Kier molecular flexibility index (Phi) is 18.1. The van der Waals surface area contributed by atoms with Crippen LogP contribution in [0, 0.1) is 0 Å². The van der Waals surface area contributed by atoms with Gasteiger partial charge in [-0.2, -0.15) is 0 Å². The van der Waals surface area contributed by atoms with Crippen molar-refractivity contribution in [1.29, 1.82) is 0 Å². The van der Waals surface area contributed by atoms with E-state index in [1.807, 2.05) is 0 Å². The molecule has 3 N–H and O–H groups in total. The largest absolute Gasteiger partial charge is 0.466 e. The van der Waals surface area contributed by atoms with Gasteiger partial charge in [0.25, 0.3) is 0 Å². The summed E-state index contributed by atoms with van der Waals surface area (Å²) in [5, 5.41) is 0. The van der Waals surface area contributed by atoms with Crippen molar-refractivity contribution in [3.63, 3.8) is 0 Å². The highest BCUT2D eigenvalue weighted by molar-refractivity contribution is 7.45. The Bertz CT molecular complexity index is 176. The number of unbranched alkanes of at least 4 members (excludes halogenated alkanes) is 9. The number of hydrogen-bond acceptors (Lipinski definition) is 1. The molecule has 0 aliphatic rings. The maximum absolute atomic E-state index is 8.88. The van der Waals surface area contributed by atoms with Gasteiger partial charge < -0.3 is 14.7 Å². The lowest BCUT2D eigenvalue weighted by molar-refractivity contribution is 0.275. The van der Waals surface area contributed by atoms with E-state index in [2.05, 4.69) is 16.2 Å². The molecule has 0 bridgehead atoms. The zero-order valence-corrected chi connectivity index (χ0v) is 13.6. The molecular formula is C12H30O4P2. The second-order valence-corrected chi connectivity index (χ2v) is 6.09. The van der Waals surface area contributed by atoms with Crippen molar-refractivity contribution < 1.29 is 19.2 Å². The van der Waals surface area contributed by atoms with Crippen LogP contribution in [0.3, 0.4) is 0 Å². The van der Waals surface area contributed by atoms with Gasteiger partial charge in [0, 0.05) is 0 Å². The van der Waals surface area contributed by atoms with E-state index in [0.29, 0.717) is 0 Å². The fraction of sp³-hybridized carbons (Fsp3) is 1.00. The average molecular weight is 300 g/mol. The Morgan fingerprint density at radius 2 is 1.06 bits per heavy atom. The molecule has 6 heteroatoms. The van der Waals surface area contributed by atoms with Crippen LogP contribution in [0.4, 0.5) is 0 Å². The minimum Gasteiger partial charge on any atom is -0.303 e. The van der Waals surface area contributed by atoms with E-state index < -0.39 is 7.82 Å². The van der Waals surface area contributed by atoms with E-state index in [9.17, 15) is 0 Å². The lowest BCUT2D eigenvalue weighted by atomic mass is 10.1. The second kappa shape index (κ2) is 15.6. The van der Waals surface area contributed by atoms with Gasteiger partial charge in [-0.05, 0) is 12.6 Å². The molecule has 0 saturated carbocycles. The first kappa shape index (κ1) is 20.8. The Morgan fingerprint density at radius 3 is 1.33 bits per heavy atom. The van der Waals surface area contributed by atoms with Crippen molar-refractivity contribution in [2.45, 2.75) is 71.1 Å². The van der Waals surface area contributed by atoms with Crippen LogP contribution in [0.15, 0.2) is 0 Å². The van der Waals surface area contributed by atoms with Crippen LogP contribution < -0.4 is 0 Å². The molecule has 0 aliphatic heterocycles. The first-order valence-corrected chi connectivity index (χ1v) is 9.28. The second-order valence-electron chi connectivity index (χ2n) is 4.48. The molecule has 0 rings (SSSR count). The minimum atomic E-state index is -4.64. The zero-order valence-electron chi connectivity index (χ0n) is 11.6. The summed E-state index contributed by atoms with van der Waals surface area (Å²) in [6.45, 7) is 2.28. The lowest BCUT2D eigenvalue weighted by Crippen LogP contribution is -1.81. The maximum atomic E-state index is 8.88. The van der Waals surface area contributed by atoms with Gasteiger partial charge in [-0.1, -0.05) is 64.7 Å². The normalized spacial score (nSPS) is 10.9. The Hall–Kier alpha value is 0.540. The molecule has 0 aliphatic carbocycles. The van der Waals surface area contributed by atoms with Gasteiger partial charge in [0.2, 0.25) is 0 Å². The zero-order chi connectivity index (χ0) is 14.3. The summed E-state index contributed by atoms with van der Waals surface area (Å²) in [4.78, 5) is 21.6. The van der Waals surface area contributed by atoms with Crippen molar-refractivity contribution in [1.82, 2.24) is 0 Å². The Labute approximate surface area is 114 Å². The molecule has 18 heavy (non-hydrogen) atoms. The molecule has 0 saturated heterocycles. The molecular weight excluding hydrogens is 270 g/mol. The summed E-state index contributed by atoms with van der Waals surface area (Å²) in [6, 6.07) is 0. The Balaban J connectivity index is 0. The van der Waals surface area contributed by atoms with Crippen LogP contribution in [0.25, 0.3) is 0 Å². The van der Waals surface area contributed by atoms with Crippen LogP contribution in [0.1, 0.15) is 71.1 Å². The van der Waals surface area contributed by atoms with Gasteiger partial charge >= 0.3 is 7.82 Å². The van der Waals surface area contributed by atoms with E-state index in [1.165, 1.54) is 70.4 Å². The van der Waals surface area contributed by atoms with E-state index in [0.717, 1.165) is 0 Å². The highest BCUT2D eigenvalue weighted by atomic mass is 31.2. The molecule has 1 unspecified atom stereocenters. The van der Waals surface area contributed by atoms with Crippen LogP contribution in [0.5, 0.6) is 0 Å². The van der Waals surface area contributed by atoms with Gasteiger partial charge in [0.15, 0.2) is 0 Å². The molecule has 0 aromatic rings. The molecule has 0 heterocycles. The van der Waals surface area contributed by atoms with Crippen molar-refractivity contribution in [2.75, 3.05) is 6.16 Å². The summed E-state index contributed by atoms with van der Waals surface area (Å²) >= 11 is 0. The predicted molar refractivity (Wildman–Crippen MR) is 80.7 cm³/mol.